The van der Waals surface area contributed by atoms with Crippen molar-refractivity contribution in [3.63, 3.8) is 0 Å². The van der Waals surface area contributed by atoms with Crippen molar-refractivity contribution >= 4 is 12.4 Å². The van der Waals surface area contributed by atoms with Gasteiger partial charge in [-0.15, -0.1) is 12.4 Å². The van der Waals surface area contributed by atoms with Crippen molar-refractivity contribution < 1.29 is 4.74 Å². The van der Waals surface area contributed by atoms with Gasteiger partial charge in [-0.3, -0.25) is 9.88 Å². The average molecular weight is 428 g/mol. The predicted molar refractivity (Wildman–Crippen MR) is 121 cm³/mol. The highest BCUT2D eigenvalue weighted by molar-refractivity contribution is 5.85. The van der Waals surface area contributed by atoms with E-state index < -0.39 is 0 Å². The summed E-state index contributed by atoms with van der Waals surface area (Å²) in [7, 11) is 2.07. The first-order valence-corrected chi connectivity index (χ1v) is 10.2. The predicted octanol–water partition coefficient (Wildman–Crippen LogP) is 3.58. The monoisotopic (exact) mass is 427 g/mol. The fraction of sp³-hybridized carbons (Fsp3) is 0.391. The lowest BCUT2D eigenvalue weighted by atomic mass is 10.0. The molecule has 0 saturated carbocycles. The van der Waals surface area contributed by atoms with E-state index in [1.807, 2.05) is 30.6 Å². The molecule has 1 unspecified atom stereocenters. The Kier molecular flexibility index (Phi) is 7.48. The van der Waals surface area contributed by atoms with E-state index >= 15 is 0 Å². The van der Waals surface area contributed by atoms with Crippen LogP contribution in [0.25, 0.3) is 0 Å². The number of benzene rings is 1. The van der Waals surface area contributed by atoms with Crippen molar-refractivity contribution in [1.82, 2.24) is 24.8 Å². The Morgan fingerprint density at radius 3 is 2.60 bits per heavy atom. The maximum Gasteiger partial charge on any atom is 0.130 e. The Morgan fingerprint density at radius 2 is 1.93 bits per heavy atom. The molecule has 7 heteroatoms. The van der Waals surface area contributed by atoms with Gasteiger partial charge in [-0.2, -0.15) is 0 Å². The van der Waals surface area contributed by atoms with Gasteiger partial charge in [0.25, 0.3) is 0 Å². The minimum atomic E-state index is 0. The summed E-state index contributed by atoms with van der Waals surface area (Å²) in [6.45, 7) is 8.57. The van der Waals surface area contributed by atoms with Gasteiger partial charge in [0, 0.05) is 51.8 Å². The molecule has 0 amide bonds. The van der Waals surface area contributed by atoms with Gasteiger partial charge < -0.3 is 14.6 Å². The molecule has 160 valence electrons. The van der Waals surface area contributed by atoms with E-state index in [0.717, 1.165) is 43.4 Å². The van der Waals surface area contributed by atoms with Crippen LogP contribution >= 0.6 is 12.4 Å². The molecule has 0 bridgehead atoms. The molecule has 4 rings (SSSR count). The van der Waals surface area contributed by atoms with E-state index in [4.69, 9.17) is 4.74 Å². The van der Waals surface area contributed by atoms with E-state index in [9.17, 15) is 0 Å². The number of nitrogens with one attached hydrogen (secondary N) is 1. The van der Waals surface area contributed by atoms with Gasteiger partial charge in [0.2, 0.25) is 0 Å². The highest BCUT2D eigenvalue weighted by Gasteiger charge is 2.27. The van der Waals surface area contributed by atoms with Gasteiger partial charge in [-0.05, 0) is 42.7 Å². The van der Waals surface area contributed by atoms with Crippen molar-refractivity contribution in [3.05, 3.63) is 77.1 Å². The van der Waals surface area contributed by atoms with Crippen LogP contribution in [0, 0.1) is 13.8 Å². The number of nitrogens with zero attached hydrogens (tertiary/aromatic N) is 4. The van der Waals surface area contributed by atoms with Crippen LogP contribution in [0.4, 0.5) is 0 Å². The summed E-state index contributed by atoms with van der Waals surface area (Å²) >= 11 is 0. The lowest BCUT2D eigenvalue weighted by molar-refractivity contribution is 0.144. The van der Waals surface area contributed by atoms with E-state index in [1.54, 1.807) is 6.20 Å². The smallest absolute Gasteiger partial charge is 0.130 e. The van der Waals surface area contributed by atoms with Crippen LogP contribution in [-0.4, -0.2) is 39.1 Å². The Bertz CT molecular complexity index is 936. The molecule has 3 aromatic rings. The first-order valence-electron chi connectivity index (χ1n) is 10.2. The molecule has 0 radical (unpaired) electrons. The number of imidazole rings is 1. The Labute approximate surface area is 184 Å². The molecule has 0 aliphatic carbocycles. The van der Waals surface area contributed by atoms with Crippen LogP contribution in [0.2, 0.25) is 0 Å². The molecule has 1 atom stereocenters. The van der Waals surface area contributed by atoms with Crippen molar-refractivity contribution in [2.24, 2.45) is 7.05 Å². The maximum atomic E-state index is 6.09. The lowest BCUT2D eigenvalue weighted by Gasteiger charge is -2.36. The summed E-state index contributed by atoms with van der Waals surface area (Å²) in [4.78, 5) is 11.4. The van der Waals surface area contributed by atoms with Gasteiger partial charge in [0.15, 0.2) is 0 Å². The van der Waals surface area contributed by atoms with E-state index in [0.29, 0.717) is 6.61 Å². The number of rotatable bonds is 6. The molecule has 1 aromatic carbocycles. The van der Waals surface area contributed by atoms with Gasteiger partial charge in [-0.1, -0.05) is 18.2 Å². The van der Waals surface area contributed by atoms with Crippen LogP contribution in [0.5, 0.6) is 5.75 Å². The number of ether oxygens (including phenoxy) is 1. The molecule has 1 aliphatic heterocycles. The maximum absolute atomic E-state index is 6.09. The van der Waals surface area contributed by atoms with Gasteiger partial charge in [0.1, 0.15) is 18.2 Å². The van der Waals surface area contributed by atoms with E-state index in [1.165, 1.54) is 16.7 Å². The zero-order valence-corrected chi connectivity index (χ0v) is 18.7. The molecule has 1 N–H and O–H groups in total. The van der Waals surface area contributed by atoms with Crippen LogP contribution in [0.1, 0.15) is 34.3 Å². The number of piperazine rings is 1. The number of hydrogen-bond acceptors (Lipinski definition) is 5. The molecular formula is C23H30ClN5O. The third-order valence-electron chi connectivity index (χ3n) is 5.51. The fourth-order valence-electron chi connectivity index (χ4n) is 4.11. The van der Waals surface area contributed by atoms with Gasteiger partial charge >= 0.3 is 0 Å². The molecular weight excluding hydrogens is 398 g/mol. The topological polar surface area (TPSA) is 55.2 Å². The zero-order valence-electron chi connectivity index (χ0n) is 17.8. The highest BCUT2D eigenvalue weighted by Crippen LogP contribution is 2.28. The quantitative estimate of drug-likeness (QED) is 0.651. The fourth-order valence-corrected chi connectivity index (χ4v) is 4.11. The molecule has 1 fully saturated rings. The Morgan fingerprint density at radius 1 is 1.13 bits per heavy atom. The molecule has 0 spiro atoms. The van der Waals surface area contributed by atoms with Gasteiger partial charge in [-0.25, -0.2) is 4.98 Å². The minimum absolute atomic E-state index is 0. The van der Waals surface area contributed by atoms with Crippen molar-refractivity contribution in [1.29, 1.82) is 0 Å². The number of aromatic nitrogens is 3. The van der Waals surface area contributed by atoms with Crippen molar-refractivity contribution in [3.8, 4) is 5.75 Å². The SMILES string of the molecule is Cc1cc(CN2CCNCC2c2nccn2C)cc(C)c1OCc1ccccn1.Cl. The van der Waals surface area contributed by atoms with Gasteiger partial charge in [0.05, 0.1) is 11.7 Å². The molecule has 2 aromatic heterocycles. The third-order valence-corrected chi connectivity index (χ3v) is 5.51. The summed E-state index contributed by atoms with van der Waals surface area (Å²) in [6, 6.07) is 10.7. The molecule has 1 saturated heterocycles. The summed E-state index contributed by atoms with van der Waals surface area (Å²) in [5, 5.41) is 3.51. The summed E-state index contributed by atoms with van der Waals surface area (Å²) in [5.74, 6) is 2.07. The van der Waals surface area contributed by atoms with Crippen LogP contribution in [-0.2, 0) is 20.2 Å². The van der Waals surface area contributed by atoms with Crippen molar-refractivity contribution in [2.75, 3.05) is 19.6 Å². The van der Waals surface area contributed by atoms with E-state index in [2.05, 4.69) is 57.8 Å². The molecule has 3 heterocycles. The average Bonchev–Trinajstić information content (AvgIpc) is 3.14. The summed E-state index contributed by atoms with van der Waals surface area (Å²) < 4.78 is 8.22. The minimum Gasteiger partial charge on any atom is -0.487 e. The number of hydrogen-bond donors (Lipinski definition) is 1. The van der Waals surface area contributed by atoms with Crippen LogP contribution in [0.15, 0.2) is 48.9 Å². The number of halogens is 1. The normalized spacial score (nSPS) is 16.8. The van der Waals surface area contributed by atoms with Crippen molar-refractivity contribution in [2.45, 2.75) is 33.0 Å². The standard InChI is InChI=1S/C23H29N5O.ClH/c1-17-12-19(13-18(2)22(17)29-16-20-6-4-5-7-25-20)15-28-11-8-24-14-21(28)23-26-9-10-27(23)3;/h4-7,9-10,12-13,21,24H,8,11,14-16H2,1-3H3;1H. The summed E-state index contributed by atoms with van der Waals surface area (Å²) in [5.41, 5.74) is 4.58. The Hall–Kier alpha value is -2.41. The molecule has 6 nitrogen and oxygen atoms in total. The molecule has 1 aliphatic rings. The number of pyridine rings is 1. The Balaban J connectivity index is 0.00000256. The largest absolute Gasteiger partial charge is 0.487 e. The summed E-state index contributed by atoms with van der Waals surface area (Å²) in [6.07, 6.45) is 5.70. The van der Waals surface area contributed by atoms with Crippen LogP contribution < -0.4 is 10.1 Å². The molecule has 30 heavy (non-hydrogen) atoms. The lowest BCUT2D eigenvalue weighted by Crippen LogP contribution is -2.46. The first-order chi connectivity index (χ1) is 14.1. The number of aryl methyl sites for hydroxylation is 3. The second-order valence-corrected chi connectivity index (χ2v) is 7.76. The van der Waals surface area contributed by atoms with E-state index in [-0.39, 0.29) is 18.4 Å². The highest BCUT2D eigenvalue weighted by atomic mass is 35.5. The van der Waals surface area contributed by atoms with Crippen LogP contribution in [0.3, 0.4) is 0 Å². The third kappa shape index (κ3) is 5.01. The second kappa shape index (κ2) is 10.1. The zero-order chi connectivity index (χ0) is 20.2. The first kappa shape index (κ1) is 22.3. The second-order valence-electron chi connectivity index (χ2n) is 7.76.